The molecule has 1 heterocycles. The Balaban J connectivity index is 1.81. The minimum atomic E-state index is -0.785. The lowest BCUT2D eigenvalue weighted by Crippen LogP contribution is -2.32. The number of hydrogen-bond donors (Lipinski definition) is 2. The highest BCUT2D eigenvalue weighted by Crippen LogP contribution is 2.39. The molecule has 3 amide bonds. The number of thioether (sulfide) groups is 1. The molecule has 0 bridgehead atoms. The van der Waals surface area contributed by atoms with Gasteiger partial charge in [0.15, 0.2) is 0 Å². The van der Waals surface area contributed by atoms with E-state index in [-0.39, 0.29) is 12.5 Å². The summed E-state index contributed by atoms with van der Waals surface area (Å²) in [5.41, 5.74) is 1.81. The molecular formula is C20H22N2O4S2. The predicted molar refractivity (Wildman–Crippen MR) is 112 cm³/mol. The molecule has 0 atom stereocenters. The monoisotopic (exact) mass is 418 g/mol. The van der Waals surface area contributed by atoms with E-state index in [1.54, 1.807) is 30.8 Å². The van der Waals surface area contributed by atoms with Gasteiger partial charge in [-0.1, -0.05) is 6.92 Å². The van der Waals surface area contributed by atoms with E-state index in [4.69, 9.17) is 4.74 Å². The zero-order chi connectivity index (χ0) is 20.1. The molecule has 3 rings (SSSR count). The lowest BCUT2D eigenvalue weighted by Gasteiger charge is -2.09. The second kappa shape index (κ2) is 9.25. The fourth-order valence-corrected chi connectivity index (χ4v) is 5.04. The number of hydrogen-bond acceptors (Lipinski definition) is 6. The van der Waals surface area contributed by atoms with Crippen molar-refractivity contribution in [1.29, 1.82) is 0 Å². The smallest absolute Gasteiger partial charge is 0.414 e. The molecule has 2 aromatic rings. The van der Waals surface area contributed by atoms with E-state index in [1.807, 2.05) is 12.1 Å². The molecule has 28 heavy (non-hydrogen) atoms. The van der Waals surface area contributed by atoms with E-state index in [9.17, 15) is 14.4 Å². The first kappa shape index (κ1) is 20.4. The van der Waals surface area contributed by atoms with Gasteiger partial charge in [0.1, 0.15) is 5.00 Å². The Morgan fingerprint density at radius 2 is 1.86 bits per heavy atom. The number of carbonyl (C=O) groups excluding carboxylic acids is 3. The molecule has 1 aliphatic carbocycles. The molecule has 1 aromatic heterocycles. The Labute approximate surface area is 172 Å². The lowest BCUT2D eigenvalue weighted by molar-refractivity contribution is 0.0925. The Hall–Kier alpha value is -2.32. The molecule has 0 aliphatic heterocycles. The summed E-state index contributed by atoms with van der Waals surface area (Å²) in [5, 5.41) is 5.57. The first-order valence-electron chi connectivity index (χ1n) is 9.20. The third kappa shape index (κ3) is 4.56. The maximum atomic E-state index is 12.7. The second-order valence-electron chi connectivity index (χ2n) is 6.15. The van der Waals surface area contributed by atoms with Crippen molar-refractivity contribution in [1.82, 2.24) is 5.32 Å². The van der Waals surface area contributed by atoms with Gasteiger partial charge < -0.3 is 10.1 Å². The number of aryl methyl sites for hydroxylation is 1. The van der Waals surface area contributed by atoms with Gasteiger partial charge in [-0.25, -0.2) is 4.79 Å². The van der Waals surface area contributed by atoms with Crippen molar-refractivity contribution in [2.75, 3.05) is 17.7 Å². The summed E-state index contributed by atoms with van der Waals surface area (Å²) >= 11 is 3.11. The lowest BCUT2D eigenvalue weighted by atomic mass is 10.1. The van der Waals surface area contributed by atoms with Gasteiger partial charge in [-0.3, -0.25) is 14.9 Å². The van der Waals surface area contributed by atoms with E-state index in [0.717, 1.165) is 40.4 Å². The van der Waals surface area contributed by atoms with E-state index >= 15 is 0 Å². The number of thiophene rings is 1. The normalized spacial score (nSPS) is 12.4. The fraction of sp³-hybridized carbons (Fsp3) is 0.350. The number of benzene rings is 1. The highest BCUT2D eigenvalue weighted by atomic mass is 32.2. The van der Waals surface area contributed by atoms with Crippen LogP contribution in [0.2, 0.25) is 0 Å². The number of anilines is 1. The van der Waals surface area contributed by atoms with Crippen LogP contribution in [0.25, 0.3) is 0 Å². The van der Waals surface area contributed by atoms with Crippen molar-refractivity contribution >= 4 is 46.0 Å². The molecule has 6 nitrogen and oxygen atoms in total. The SMILES string of the molecule is CCOC(=O)NC(=O)c1c(NC(=O)c2ccc(SCC)cc2)sc2c1CCC2. The molecule has 148 valence electrons. The average molecular weight is 419 g/mol. The van der Waals surface area contributed by atoms with Crippen LogP contribution in [0.1, 0.15) is 51.4 Å². The topological polar surface area (TPSA) is 84.5 Å². The van der Waals surface area contributed by atoms with Crippen LogP contribution in [0.5, 0.6) is 0 Å². The fourth-order valence-electron chi connectivity index (χ4n) is 3.10. The third-order valence-electron chi connectivity index (χ3n) is 4.29. The van der Waals surface area contributed by atoms with Crippen LogP contribution in [0.3, 0.4) is 0 Å². The van der Waals surface area contributed by atoms with Crippen molar-refractivity contribution in [3.8, 4) is 0 Å². The largest absolute Gasteiger partial charge is 0.450 e. The van der Waals surface area contributed by atoms with E-state index in [1.165, 1.54) is 11.3 Å². The van der Waals surface area contributed by atoms with E-state index in [0.29, 0.717) is 16.1 Å². The number of rotatable bonds is 6. The molecule has 0 saturated carbocycles. The molecule has 0 fully saturated rings. The minimum absolute atomic E-state index is 0.177. The number of alkyl carbamates (subject to hydrolysis) is 1. The molecule has 0 unspecified atom stereocenters. The number of nitrogens with one attached hydrogen (secondary N) is 2. The zero-order valence-corrected chi connectivity index (χ0v) is 17.4. The maximum Gasteiger partial charge on any atom is 0.414 e. The van der Waals surface area contributed by atoms with E-state index in [2.05, 4.69) is 17.6 Å². The van der Waals surface area contributed by atoms with Gasteiger partial charge in [0, 0.05) is 15.3 Å². The molecule has 0 spiro atoms. The van der Waals surface area contributed by atoms with Crippen LogP contribution < -0.4 is 10.6 Å². The molecule has 0 radical (unpaired) electrons. The van der Waals surface area contributed by atoms with Gasteiger partial charge in [-0.15, -0.1) is 23.1 Å². The number of ether oxygens (including phenoxy) is 1. The van der Waals surface area contributed by atoms with Gasteiger partial charge in [-0.2, -0.15) is 0 Å². The first-order valence-corrected chi connectivity index (χ1v) is 11.0. The zero-order valence-electron chi connectivity index (χ0n) is 15.8. The molecular weight excluding hydrogens is 396 g/mol. The number of carbonyl (C=O) groups is 3. The minimum Gasteiger partial charge on any atom is -0.450 e. The second-order valence-corrected chi connectivity index (χ2v) is 8.59. The Kier molecular flexibility index (Phi) is 6.74. The van der Waals surface area contributed by atoms with Gasteiger partial charge in [0.05, 0.1) is 12.2 Å². The van der Waals surface area contributed by atoms with Crippen molar-refractivity contribution in [2.24, 2.45) is 0 Å². The first-order chi connectivity index (χ1) is 13.5. The van der Waals surface area contributed by atoms with Crippen molar-refractivity contribution in [2.45, 2.75) is 38.0 Å². The summed E-state index contributed by atoms with van der Waals surface area (Å²) in [6, 6.07) is 7.36. The number of fused-ring (bicyclic) bond motifs is 1. The highest BCUT2D eigenvalue weighted by molar-refractivity contribution is 7.99. The summed E-state index contributed by atoms with van der Waals surface area (Å²) in [6.07, 6.45) is 1.81. The van der Waals surface area contributed by atoms with Crippen LogP contribution in [0, 0.1) is 0 Å². The van der Waals surface area contributed by atoms with Crippen molar-refractivity contribution < 1.29 is 19.1 Å². The van der Waals surface area contributed by atoms with Gasteiger partial charge in [0.25, 0.3) is 11.8 Å². The molecule has 2 N–H and O–H groups in total. The third-order valence-corrected chi connectivity index (χ3v) is 6.40. The van der Waals surface area contributed by atoms with Gasteiger partial charge in [-0.05, 0) is 61.8 Å². The van der Waals surface area contributed by atoms with Crippen LogP contribution in [-0.4, -0.2) is 30.3 Å². The molecule has 1 aliphatic rings. The summed E-state index contributed by atoms with van der Waals surface area (Å²) in [7, 11) is 0. The standard InChI is InChI=1S/C20H22N2O4S2/c1-3-26-20(25)22-18(24)16-14-6-5-7-15(14)28-19(16)21-17(23)12-8-10-13(11-9-12)27-4-2/h8-11H,3-7H2,1-2H3,(H,21,23)(H,22,24,25). The van der Waals surface area contributed by atoms with Crippen molar-refractivity contribution in [3.05, 3.63) is 45.8 Å². The van der Waals surface area contributed by atoms with Crippen LogP contribution in [0.4, 0.5) is 9.80 Å². The Bertz CT molecular complexity index is 890. The van der Waals surface area contributed by atoms with Crippen LogP contribution in [0.15, 0.2) is 29.2 Å². The van der Waals surface area contributed by atoms with Gasteiger partial charge >= 0.3 is 6.09 Å². The molecule has 1 aromatic carbocycles. The van der Waals surface area contributed by atoms with Gasteiger partial charge in [0.2, 0.25) is 0 Å². The predicted octanol–water partition coefficient (Wildman–Crippen LogP) is 4.49. The molecule has 8 heteroatoms. The average Bonchev–Trinajstić information content (AvgIpc) is 3.23. The summed E-state index contributed by atoms with van der Waals surface area (Å²) in [6.45, 7) is 3.92. The van der Waals surface area contributed by atoms with Crippen LogP contribution >= 0.6 is 23.1 Å². The highest BCUT2D eigenvalue weighted by Gasteiger charge is 2.28. The summed E-state index contributed by atoms with van der Waals surface area (Å²) in [5.74, 6) is 0.145. The summed E-state index contributed by atoms with van der Waals surface area (Å²) in [4.78, 5) is 39.2. The Morgan fingerprint density at radius 1 is 1.11 bits per heavy atom. The number of amides is 3. The van der Waals surface area contributed by atoms with Crippen LogP contribution in [-0.2, 0) is 17.6 Å². The van der Waals surface area contributed by atoms with Crippen molar-refractivity contribution in [3.63, 3.8) is 0 Å². The quantitative estimate of drug-likeness (QED) is 0.676. The summed E-state index contributed by atoms with van der Waals surface area (Å²) < 4.78 is 4.79. The number of imide groups is 1. The maximum absolute atomic E-state index is 12.7. The molecule has 0 saturated heterocycles. The Morgan fingerprint density at radius 3 is 2.54 bits per heavy atom. The van der Waals surface area contributed by atoms with E-state index < -0.39 is 12.0 Å².